The number of nitrogens with zero attached hydrogens (tertiary/aromatic N) is 4. The van der Waals surface area contributed by atoms with Crippen LogP contribution in [0.2, 0.25) is 0 Å². The Balaban J connectivity index is 2.13. The monoisotopic (exact) mass is 343 g/mol. The maximum Gasteiger partial charge on any atom is 0.330 e. The van der Waals surface area contributed by atoms with Crippen LogP contribution in [0.15, 0.2) is 20.9 Å². The molecule has 2 unspecified atom stereocenters. The lowest BCUT2D eigenvalue weighted by molar-refractivity contribution is -0.0205. The predicted octanol–water partition coefficient (Wildman–Crippen LogP) is 1.03. The van der Waals surface area contributed by atoms with Gasteiger partial charge in [0.1, 0.15) is 6.23 Å². The van der Waals surface area contributed by atoms with Crippen molar-refractivity contribution in [2.45, 2.75) is 31.7 Å². The summed E-state index contributed by atoms with van der Waals surface area (Å²) in [5.41, 5.74) is 8.08. The lowest BCUT2D eigenvalue weighted by Crippen LogP contribution is -2.33. The number of azide groups is 1. The molecule has 1 aromatic rings. The van der Waals surface area contributed by atoms with Gasteiger partial charge in [-0.15, -0.1) is 0 Å². The van der Waals surface area contributed by atoms with Crippen LogP contribution in [0.25, 0.3) is 10.4 Å². The molecule has 126 valence electrons. The third-order valence-electron chi connectivity index (χ3n) is 3.41. The van der Waals surface area contributed by atoms with Gasteiger partial charge in [-0.3, -0.25) is 14.3 Å². The van der Waals surface area contributed by atoms with Crippen LogP contribution in [0.4, 0.5) is 0 Å². The van der Waals surface area contributed by atoms with Gasteiger partial charge in [0.25, 0.3) is 5.56 Å². The first-order valence-electron chi connectivity index (χ1n) is 6.92. The van der Waals surface area contributed by atoms with Crippen molar-refractivity contribution in [3.8, 4) is 0 Å². The topological polar surface area (TPSA) is 131 Å². The molecule has 4 atom stereocenters. The van der Waals surface area contributed by atoms with E-state index in [0.717, 1.165) is 0 Å². The van der Waals surface area contributed by atoms with Crippen LogP contribution in [0.3, 0.4) is 0 Å². The Morgan fingerprint density at radius 3 is 3.09 bits per heavy atom. The van der Waals surface area contributed by atoms with E-state index in [9.17, 15) is 9.59 Å². The Morgan fingerprint density at radius 1 is 1.61 bits per heavy atom. The van der Waals surface area contributed by atoms with Crippen molar-refractivity contribution in [3.63, 3.8) is 0 Å². The predicted molar refractivity (Wildman–Crippen MR) is 83.7 cm³/mol. The molecule has 2 rings (SSSR count). The van der Waals surface area contributed by atoms with Crippen molar-refractivity contribution in [1.82, 2.24) is 9.55 Å². The van der Waals surface area contributed by atoms with Gasteiger partial charge in [-0.25, -0.2) is 4.79 Å². The lowest BCUT2D eigenvalue weighted by atomic mass is 10.1. The minimum Gasteiger partial charge on any atom is -0.378 e. The third-order valence-corrected chi connectivity index (χ3v) is 4.19. The number of methoxy groups -OCH3 is 1. The molecule has 1 N–H and O–H groups in total. The first-order valence-corrected chi connectivity index (χ1v) is 8.03. The molecular weight excluding hydrogens is 325 g/mol. The summed E-state index contributed by atoms with van der Waals surface area (Å²) in [5.74, 6) is 0. The fourth-order valence-corrected chi connectivity index (χ4v) is 2.75. The van der Waals surface area contributed by atoms with E-state index >= 15 is 0 Å². The smallest absolute Gasteiger partial charge is 0.330 e. The second-order valence-corrected chi connectivity index (χ2v) is 5.87. The zero-order valence-electron chi connectivity index (χ0n) is 12.8. The molecule has 11 heteroatoms. The first-order chi connectivity index (χ1) is 11.1. The molecule has 0 spiro atoms. The average Bonchev–Trinajstić information content (AvgIpc) is 2.91. The zero-order valence-corrected chi connectivity index (χ0v) is 13.8. The number of nitrogens with one attached hydrogen (secondary N) is 1. The number of aromatic nitrogens is 2. The number of H-pyrrole nitrogens is 1. The number of aryl methyl sites for hydroxylation is 1. The van der Waals surface area contributed by atoms with Crippen LogP contribution >= 0.6 is 8.81 Å². The highest BCUT2D eigenvalue weighted by molar-refractivity contribution is 7.31. The van der Waals surface area contributed by atoms with Crippen molar-refractivity contribution >= 4 is 8.81 Å². The Morgan fingerprint density at radius 2 is 2.39 bits per heavy atom. The summed E-state index contributed by atoms with van der Waals surface area (Å²) in [6.07, 6.45) is 1.17. The molecule has 1 aliphatic heterocycles. The van der Waals surface area contributed by atoms with Gasteiger partial charge in [0.2, 0.25) is 0 Å². The molecule has 0 radical (unpaired) electrons. The molecule has 0 aliphatic carbocycles. The van der Waals surface area contributed by atoms with Gasteiger partial charge < -0.3 is 14.0 Å². The fourth-order valence-electron chi connectivity index (χ4n) is 2.27. The van der Waals surface area contributed by atoms with Gasteiger partial charge >= 0.3 is 5.69 Å². The lowest BCUT2D eigenvalue weighted by Gasteiger charge is -2.16. The van der Waals surface area contributed by atoms with Crippen LogP contribution in [-0.4, -0.2) is 41.8 Å². The van der Waals surface area contributed by atoms with Gasteiger partial charge in [-0.05, 0) is 12.5 Å². The Bertz CT molecular complexity index is 698. The molecule has 0 amide bonds. The van der Waals surface area contributed by atoms with E-state index < -0.39 is 29.6 Å². The standard InChI is InChI=1S/C12H18N5O5P/c1-7-4-17(12(19)14-11(7)18)10-3-8(15-16-13)9(22-10)5-21-23-6-20-2/h4,8-10,23H,3,5-6H2,1-2H3,(H,14,18,19)/t8?,9-,10-/m1/s1. The molecule has 1 aromatic heterocycles. The summed E-state index contributed by atoms with van der Waals surface area (Å²) in [6, 6.07) is -0.448. The molecule has 2 heterocycles. The number of hydrogen-bond acceptors (Lipinski definition) is 6. The summed E-state index contributed by atoms with van der Waals surface area (Å²) < 4.78 is 17.4. The molecule has 1 aliphatic rings. The van der Waals surface area contributed by atoms with Gasteiger partial charge in [0.15, 0.2) is 0 Å². The molecular formula is C12H18N5O5P. The van der Waals surface area contributed by atoms with E-state index in [1.54, 1.807) is 14.0 Å². The summed E-state index contributed by atoms with van der Waals surface area (Å²) in [4.78, 5) is 28.4. The van der Waals surface area contributed by atoms with Crippen LogP contribution in [0.1, 0.15) is 18.2 Å². The van der Waals surface area contributed by atoms with E-state index in [1.165, 1.54) is 10.8 Å². The summed E-state index contributed by atoms with van der Waals surface area (Å²) in [5, 5.41) is 3.71. The van der Waals surface area contributed by atoms with Crippen molar-refractivity contribution in [3.05, 3.63) is 43.0 Å². The summed E-state index contributed by atoms with van der Waals surface area (Å²) >= 11 is 0. The van der Waals surface area contributed by atoms with E-state index in [1.807, 2.05) is 0 Å². The van der Waals surface area contributed by atoms with Crippen molar-refractivity contribution in [1.29, 1.82) is 0 Å². The van der Waals surface area contributed by atoms with Crippen molar-refractivity contribution < 1.29 is 14.0 Å². The largest absolute Gasteiger partial charge is 0.378 e. The molecule has 1 fully saturated rings. The van der Waals surface area contributed by atoms with Gasteiger partial charge in [-0.2, -0.15) is 0 Å². The highest BCUT2D eigenvalue weighted by atomic mass is 31.1. The van der Waals surface area contributed by atoms with Crippen LogP contribution < -0.4 is 11.2 Å². The minimum absolute atomic E-state index is 0.150. The minimum atomic E-state index is -0.618. The van der Waals surface area contributed by atoms with Crippen LogP contribution in [0.5, 0.6) is 0 Å². The number of aromatic amines is 1. The van der Waals surface area contributed by atoms with Crippen molar-refractivity contribution in [2.75, 3.05) is 20.1 Å². The van der Waals surface area contributed by atoms with Crippen LogP contribution in [0, 0.1) is 6.92 Å². The molecule has 10 nitrogen and oxygen atoms in total. The number of ether oxygens (including phenoxy) is 2. The molecule has 1 saturated heterocycles. The highest BCUT2D eigenvalue weighted by Crippen LogP contribution is 2.31. The maximum absolute atomic E-state index is 11.9. The zero-order chi connectivity index (χ0) is 16.8. The Kier molecular flexibility index (Phi) is 6.32. The van der Waals surface area contributed by atoms with Gasteiger partial charge in [-0.1, -0.05) is 5.11 Å². The third kappa shape index (κ3) is 4.40. The second-order valence-electron chi connectivity index (χ2n) is 5.00. The molecule has 23 heavy (non-hydrogen) atoms. The summed E-state index contributed by atoms with van der Waals surface area (Å²) in [7, 11) is 1.73. The van der Waals surface area contributed by atoms with E-state index in [0.29, 0.717) is 18.3 Å². The highest BCUT2D eigenvalue weighted by Gasteiger charge is 2.36. The van der Waals surface area contributed by atoms with Crippen LogP contribution in [-0.2, 0) is 14.0 Å². The molecule has 0 saturated carbocycles. The average molecular weight is 343 g/mol. The first kappa shape index (κ1) is 17.7. The van der Waals surface area contributed by atoms with Gasteiger partial charge in [0, 0.05) is 39.0 Å². The van der Waals surface area contributed by atoms with Crippen molar-refractivity contribution in [2.24, 2.45) is 5.11 Å². The fraction of sp³-hybridized carbons (Fsp3) is 0.667. The Hall–Kier alpha value is -1.70. The number of rotatable bonds is 7. The quantitative estimate of drug-likeness (QED) is 0.260. The molecule has 0 aromatic carbocycles. The second kappa shape index (κ2) is 8.24. The van der Waals surface area contributed by atoms with E-state index in [2.05, 4.69) is 15.0 Å². The SMILES string of the molecule is COCPOC[C@H]1O[C@@H](n2cc(C)c(=O)[nH]c2=O)CC1N=[N+]=[N-]. The summed E-state index contributed by atoms with van der Waals surface area (Å²) in [6.45, 7) is 1.83. The molecule has 0 bridgehead atoms. The maximum atomic E-state index is 11.9. The van der Waals surface area contributed by atoms with E-state index in [-0.39, 0.29) is 15.4 Å². The normalized spacial score (nSPS) is 24.2. The van der Waals surface area contributed by atoms with Gasteiger partial charge in [0.05, 0.1) is 25.1 Å². The Labute approximate surface area is 133 Å². The van der Waals surface area contributed by atoms with E-state index in [4.69, 9.17) is 19.5 Å². The number of hydrogen-bond donors (Lipinski definition) is 1.